The fourth-order valence-corrected chi connectivity index (χ4v) is 2.41. The second kappa shape index (κ2) is 5.57. The van der Waals surface area contributed by atoms with E-state index < -0.39 is 0 Å². The Labute approximate surface area is 118 Å². The highest BCUT2D eigenvalue weighted by Crippen LogP contribution is 2.24. The van der Waals surface area contributed by atoms with Gasteiger partial charge >= 0.3 is 0 Å². The molecule has 0 saturated heterocycles. The van der Waals surface area contributed by atoms with Gasteiger partial charge in [0.2, 0.25) is 0 Å². The van der Waals surface area contributed by atoms with Crippen LogP contribution in [0.1, 0.15) is 15.9 Å². The Hall–Kier alpha value is -2.61. The normalized spacial score (nSPS) is 10.4. The summed E-state index contributed by atoms with van der Waals surface area (Å²) in [6.07, 6.45) is 2.96. The van der Waals surface area contributed by atoms with Crippen molar-refractivity contribution in [1.82, 2.24) is 4.57 Å². The maximum Gasteiger partial charge on any atom is 0.150 e. The highest BCUT2D eigenvalue weighted by atomic mass is 16.1. The van der Waals surface area contributed by atoms with Gasteiger partial charge in [-0.15, -0.1) is 0 Å². The molecule has 2 aromatic carbocycles. The molecule has 2 heteroatoms. The Morgan fingerprint density at radius 3 is 2.40 bits per heavy atom. The molecule has 0 radical (unpaired) electrons. The van der Waals surface area contributed by atoms with Gasteiger partial charge in [-0.25, -0.2) is 0 Å². The molecule has 3 aromatic rings. The van der Waals surface area contributed by atoms with Gasteiger partial charge in [0, 0.05) is 29.6 Å². The van der Waals surface area contributed by atoms with Crippen LogP contribution in [0.3, 0.4) is 0 Å². The van der Waals surface area contributed by atoms with Gasteiger partial charge in [0.15, 0.2) is 6.29 Å². The first kappa shape index (κ1) is 12.4. The van der Waals surface area contributed by atoms with Gasteiger partial charge in [-0.1, -0.05) is 54.6 Å². The molecule has 0 aliphatic rings. The molecule has 0 aliphatic carbocycles. The van der Waals surface area contributed by atoms with Crippen molar-refractivity contribution in [2.24, 2.45) is 0 Å². The average Bonchev–Trinajstić information content (AvgIpc) is 2.96. The molecule has 0 unspecified atom stereocenters. The molecule has 0 fully saturated rings. The summed E-state index contributed by atoms with van der Waals surface area (Å²) in [5.74, 6) is 0. The molecule has 2 nitrogen and oxygen atoms in total. The van der Waals surface area contributed by atoms with Crippen molar-refractivity contribution in [2.75, 3.05) is 0 Å². The van der Waals surface area contributed by atoms with Crippen LogP contribution >= 0.6 is 0 Å². The van der Waals surface area contributed by atoms with E-state index in [1.54, 1.807) is 0 Å². The highest BCUT2D eigenvalue weighted by Gasteiger charge is 2.08. The first-order valence-electron chi connectivity index (χ1n) is 6.62. The van der Waals surface area contributed by atoms with Crippen LogP contribution in [0.15, 0.2) is 72.9 Å². The van der Waals surface area contributed by atoms with Crippen molar-refractivity contribution >= 4 is 6.29 Å². The summed E-state index contributed by atoms with van der Waals surface area (Å²) >= 11 is 0. The summed E-state index contributed by atoms with van der Waals surface area (Å²) in [4.78, 5) is 11.2. The van der Waals surface area contributed by atoms with E-state index in [1.165, 1.54) is 5.56 Å². The van der Waals surface area contributed by atoms with Crippen LogP contribution in [0.2, 0.25) is 0 Å². The van der Waals surface area contributed by atoms with E-state index in [4.69, 9.17) is 0 Å². The van der Waals surface area contributed by atoms with Gasteiger partial charge in [-0.3, -0.25) is 4.79 Å². The molecule has 0 N–H and O–H groups in total. The summed E-state index contributed by atoms with van der Waals surface area (Å²) in [5.41, 5.74) is 4.01. The van der Waals surface area contributed by atoms with E-state index in [-0.39, 0.29) is 0 Å². The third-order valence-electron chi connectivity index (χ3n) is 3.39. The lowest BCUT2D eigenvalue weighted by atomic mass is 10.1. The lowest BCUT2D eigenvalue weighted by Crippen LogP contribution is -2.01. The van der Waals surface area contributed by atoms with E-state index in [2.05, 4.69) is 16.7 Å². The van der Waals surface area contributed by atoms with Gasteiger partial charge in [-0.05, 0) is 17.7 Å². The van der Waals surface area contributed by atoms with Gasteiger partial charge in [-0.2, -0.15) is 0 Å². The van der Waals surface area contributed by atoms with Crippen molar-refractivity contribution in [3.05, 3.63) is 84.1 Å². The predicted octanol–water partition coefficient (Wildman–Crippen LogP) is 4.02. The van der Waals surface area contributed by atoms with Crippen LogP contribution < -0.4 is 0 Å². The van der Waals surface area contributed by atoms with Crippen LogP contribution in [0.25, 0.3) is 11.3 Å². The molecule has 0 amide bonds. The second-order valence-electron chi connectivity index (χ2n) is 4.71. The van der Waals surface area contributed by atoms with Crippen molar-refractivity contribution in [3.63, 3.8) is 0 Å². The number of hydrogen-bond acceptors (Lipinski definition) is 1. The molecular formula is C18H15NO. The third kappa shape index (κ3) is 2.41. The molecule has 20 heavy (non-hydrogen) atoms. The number of carbonyl (C=O) groups is 1. The number of hydrogen-bond donors (Lipinski definition) is 0. The average molecular weight is 261 g/mol. The highest BCUT2D eigenvalue weighted by molar-refractivity contribution is 5.86. The van der Waals surface area contributed by atoms with Crippen LogP contribution in [0.4, 0.5) is 0 Å². The Bertz CT molecular complexity index is 713. The summed E-state index contributed by atoms with van der Waals surface area (Å²) < 4.78 is 2.16. The summed E-state index contributed by atoms with van der Waals surface area (Å²) in [7, 11) is 0. The zero-order chi connectivity index (χ0) is 13.8. The molecule has 1 heterocycles. The number of nitrogens with zero attached hydrogens (tertiary/aromatic N) is 1. The van der Waals surface area contributed by atoms with Crippen LogP contribution in [0.5, 0.6) is 0 Å². The Balaban J connectivity index is 2.00. The van der Waals surface area contributed by atoms with Gasteiger partial charge in [0.25, 0.3) is 0 Å². The molecule has 0 atom stereocenters. The SMILES string of the molecule is O=Cc1ccccc1-c1cccn1Cc1ccccc1. The molecule has 0 bridgehead atoms. The first-order valence-corrected chi connectivity index (χ1v) is 6.62. The Kier molecular flexibility index (Phi) is 3.46. The smallest absolute Gasteiger partial charge is 0.150 e. The van der Waals surface area contributed by atoms with E-state index in [1.807, 2.05) is 60.8 Å². The largest absolute Gasteiger partial charge is 0.343 e. The van der Waals surface area contributed by atoms with E-state index in [0.717, 1.165) is 29.7 Å². The van der Waals surface area contributed by atoms with Crippen LogP contribution in [-0.2, 0) is 6.54 Å². The monoisotopic (exact) mass is 261 g/mol. The number of rotatable bonds is 4. The van der Waals surface area contributed by atoms with E-state index in [9.17, 15) is 4.79 Å². The fraction of sp³-hybridized carbons (Fsp3) is 0.0556. The van der Waals surface area contributed by atoms with Crippen molar-refractivity contribution in [2.45, 2.75) is 6.54 Å². The van der Waals surface area contributed by atoms with Crippen molar-refractivity contribution < 1.29 is 4.79 Å². The van der Waals surface area contributed by atoms with Gasteiger partial charge in [0.1, 0.15) is 0 Å². The first-order chi connectivity index (χ1) is 9.88. The van der Waals surface area contributed by atoms with Gasteiger partial charge < -0.3 is 4.57 Å². The lowest BCUT2D eigenvalue weighted by Gasteiger charge is -2.11. The molecule has 0 saturated carbocycles. The maximum atomic E-state index is 11.2. The minimum atomic E-state index is 0.723. The zero-order valence-electron chi connectivity index (χ0n) is 11.1. The van der Waals surface area contributed by atoms with Gasteiger partial charge in [0.05, 0.1) is 0 Å². The standard InChI is InChI=1S/C18H15NO/c20-14-16-9-4-5-10-17(16)18-11-6-12-19(18)13-15-7-2-1-3-8-15/h1-12,14H,13H2. The third-order valence-corrected chi connectivity index (χ3v) is 3.39. The maximum absolute atomic E-state index is 11.2. The topological polar surface area (TPSA) is 22.0 Å². The molecule has 0 spiro atoms. The number of carbonyl (C=O) groups excluding carboxylic acids is 1. The predicted molar refractivity (Wildman–Crippen MR) is 80.8 cm³/mol. The Morgan fingerprint density at radius 2 is 1.60 bits per heavy atom. The van der Waals surface area contributed by atoms with Crippen molar-refractivity contribution in [1.29, 1.82) is 0 Å². The molecular weight excluding hydrogens is 246 g/mol. The number of benzene rings is 2. The lowest BCUT2D eigenvalue weighted by molar-refractivity contribution is 0.112. The van der Waals surface area contributed by atoms with Crippen LogP contribution in [0, 0.1) is 0 Å². The minimum absolute atomic E-state index is 0.723. The van der Waals surface area contributed by atoms with E-state index in [0.29, 0.717) is 0 Å². The molecule has 3 rings (SSSR count). The van der Waals surface area contributed by atoms with Crippen molar-refractivity contribution in [3.8, 4) is 11.3 Å². The number of aromatic nitrogens is 1. The van der Waals surface area contributed by atoms with E-state index >= 15 is 0 Å². The van der Waals surface area contributed by atoms with Crippen LogP contribution in [-0.4, -0.2) is 10.9 Å². The summed E-state index contributed by atoms with van der Waals surface area (Å²) in [6.45, 7) is 0.802. The summed E-state index contributed by atoms with van der Waals surface area (Å²) in [5, 5.41) is 0. The summed E-state index contributed by atoms with van der Waals surface area (Å²) in [6, 6.07) is 22.1. The molecule has 98 valence electrons. The molecule has 0 aliphatic heterocycles. The Morgan fingerprint density at radius 1 is 0.850 bits per heavy atom. The molecule has 1 aromatic heterocycles. The number of aldehydes is 1. The second-order valence-corrected chi connectivity index (χ2v) is 4.71. The quantitative estimate of drug-likeness (QED) is 0.650. The minimum Gasteiger partial charge on any atom is -0.343 e. The fourth-order valence-electron chi connectivity index (χ4n) is 2.41. The zero-order valence-corrected chi connectivity index (χ0v) is 11.1.